The second kappa shape index (κ2) is 4.21. The number of alkyl halides is 3. The predicted octanol–water partition coefficient (Wildman–Crippen LogP) is 2.47. The third-order valence-corrected chi connectivity index (χ3v) is 2.13. The van der Waals surface area contributed by atoms with E-state index >= 15 is 0 Å². The summed E-state index contributed by atoms with van der Waals surface area (Å²) in [6.07, 6.45) is -4.70. The number of phenols is 1. The van der Waals surface area contributed by atoms with Crippen molar-refractivity contribution in [3.8, 4) is 23.0 Å². The molecular formula is C10H7F3N2O3. The van der Waals surface area contributed by atoms with E-state index in [0.717, 1.165) is 0 Å². The maximum Gasteiger partial charge on any atom is 0.455 e. The van der Waals surface area contributed by atoms with E-state index in [4.69, 9.17) is 4.74 Å². The lowest BCUT2D eigenvalue weighted by Gasteiger charge is -2.04. The first-order valence-electron chi connectivity index (χ1n) is 4.70. The number of methoxy groups -OCH3 is 1. The second-order valence-corrected chi connectivity index (χ2v) is 3.28. The van der Waals surface area contributed by atoms with E-state index in [1.807, 2.05) is 0 Å². The highest BCUT2D eigenvalue weighted by Gasteiger charge is 2.37. The first-order chi connectivity index (χ1) is 8.43. The predicted molar refractivity (Wildman–Crippen MR) is 53.0 cm³/mol. The highest BCUT2D eigenvalue weighted by Crippen LogP contribution is 2.37. The number of para-hydroxylation sites is 1. The summed E-state index contributed by atoms with van der Waals surface area (Å²) < 4.78 is 46.2. The minimum absolute atomic E-state index is 0.0302. The fourth-order valence-corrected chi connectivity index (χ4v) is 1.31. The van der Waals surface area contributed by atoms with Crippen molar-refractivity contribution >= 4 is 0 Å². The normalized spacial score (nSPS) is 11.6. The van der Waals surface area contributed by atoms with Crippen LogP contribution < -0.4 is 4.74 Å². The van der Waals surface area contributed by atoms with Crippen molar-refractivity contribution < 1.29 is 27.5 Å². The van der Waals surface area contributed by atoms with Crippen molar-refractivity contribution in [3.05, 3.63) is 24.0 Å². The number of hydrogen-bond acceptors (Lipinski definition) is 5. The van der Waals surface area contributed by atoms with Crippen LogP contribution >= 0.6 is 0 Å². The Labute approximate surface area is 98.8 Å². The van der Waals surface area contributed by atoms with Gasteiger partial charge in [0.15, 0.2) is 11.5 Å². The molecule has 0 unspecified atom stereocenters. The maximum atomic E-state index is 12.3. The van der Waals surface area contributed by atoms with E-state index < -0.39 is 17.9 Å². The highest BCUT2D eigenvalue weighted by molar-refractivity contribution is 5.66. The molecule has 0 amide bonds. The molecule has 1 N–H and O–H groups in total. The molecule has 96 valence electrons. The van der Waals surface area contributed by atoms with Gasteiger partial charge >= 0.3 is 6.18 Å². The molecular weight excluding hydrogens is 253 g/mol. The average Bonchev–Trinajstić information content (AvgIpc) is 2.78. The SMILES string of the molecule is COc1cccc(-c2nc(C(F)(F)F)no2)c1O. The molecule has 0 bridgehead atoms. The molecule has 0 aliphatic heterocycles. The van der Waals surface area contributed by atoms with Crippen LogP contribution in [0, 0.1) is 0 Å². The Kier molecular flexibility index (Phi) is 2.85. The number of nitrogens with zero attached hydrogens (tertiary/aromatic N) is 2. The number of halogens is 3. The summed E-state index contributed by atoms with van der Waals surface area (Å²) in [5, 5.41) is 12.5. The smallest absolute Gasteiger partial charge is 0.455 e. The van der Waals surface area contributed by atoms with Crippen LogP contribution in [0.15, 0.2) is 22.7 Å². The van der Waals surface area contributed by atoms with Gasteiger partial charge in [0.1, 0.15) is 0 Å². The topological polar surface area (TPSA) is 68.4 Å². The number of ether oxygens (including phenoxy) is 1. The second-order valence-electron chi connectivity index (χ2n) is 3.28. The van der Waals surface area contributed by atoms with Crippen molar-refractivity contribution in [1.29, 1.82) is 0 Å². The monoisotopic (exact) mass is 260 g/mol. The zero-order valence-electron chi connectivity index (χ0n) is 9.02. The third kappa shape index (κ3) is 2.08. The van der Waals surface area contributed by atoms with Gasteiger partial charge in [0.2, 0.25) is 0 Å². The molecule has 0 atom stereocenters. The molecule has 2 rings (SSSR count). The van der Waals surface area contributed by atoms with Crippen molar-refractivity contribution in [1.82, 2.24) is 10.1 Å². The Bertz CT molecular complexity index is 566. The lowest BCUT2D eigenvalue weighted by atomic mass is 10.2. The zero-order valence-corrected chi connectivity index (χ0v) is 9.02. The highest BCUT2D eigenvalue weighted by atomic mass is 19.4. The van der Waals surface area contributed by atoms with Crippen LogP contribution in [0.4, 0.5) is 13.2 Å². The van der Waals surface area contributed by atoms with Gasteiger partial charge in [-0.25, -0.2) is 0 Å². The van der Waals surface area contributed by atoms with Crippen LogP contribution in [0.2, 0.25) is 0 Å². The summed E-state index contributed by atoms with van der Waals surface area (Å²) >= 11 is 0. The van der Waals surface area contributed by atoms with Crippen molar-refractivity contribution in [2.75, 3.05) is 7.11 Å². The van der Waals surface area contributed by atoms with Crippen LogP contribution in [-0.4, -0.2) is 22.4 Å². The number of benzene rings is 1. The number of aromatic hydroxyl groups is 1. The van der Waals surface area contributed by atoms with Gasteiger partial charge < -0.3 is 14.4 Å². The minimum Gasteiger partial charge on any atom is -0.504 e. The number of rotatable bonds is 2. The van der Waals surface area contributed by atoms with Gasteiger partial charge in [0, 0.05) is 0 Å². The molecule has 1 heterocycles. The summed E-state index contributed by atoms with van der Waals surface area (Å²) in [7, 11) is 1.31. The first kappa shape index (κ1) is 12.2. The van der Waals surface area contributed by atoms with E-state index in [2.05, 4.69) is 14.7 Å². The van der Waals surface area contributed by atoms with Crippen LogP contribution in [0.25, 0.3) is 11.5 Å². The summed E-state index contributed by atoms with van der Waals surface area (Å²) in [6, 6.07) is 4.26. The van der Waals surface area contributed by atoms with E-state index in [9.17, 15) is 18.3 Å². The Hall–Kier alpha value is -2.25. The first-order valence-corrected chi connectivity index (χ1v) is 4.70. The zero-order chi connectivity index (χ0) is 13.3. The van der Waals surface area contributed by atoms with Crippen LogP contribution in [0.1, 0.15) is 5.82 Å². The van der Waals surface area contributed by atoms with Gasteiger partial charge in [0.25, 0.3) is 11.7 Å². The molecule has 0 aliphatic rings. The Balaban J connectivity index is 2.47. The average molecular weight is 260 g/mol. The van der Waals surface area contributed by atoms with Gasteiger partial charge in [0.05, 0.1) is 12.7 Å². The van der Waals surface area contributed by atoms with E-state index in [0.29, 0.717) is 0 Å². The maximum absolute atomic E-state index is 12.3. The summed E-state index contributed by atoms with van der Waals surface area (Å²) in [5.41, 5.74) is -0.0302. The van der Waals surface area contributed by atoms with Crippen molar-refractivity contribution in [3.63, 3.8) is 0 Å². The number of phenolic OH excluding ortho intramolecular Hbond substituents is 1. The molecule has 0 saturated carbocycles. The number of hydrogen-bond donors (Lipinski definition) is 1. The molecule has 0 radical (unpaired) electrons. The Morgan fingerprint density at radius 3 is 2.61 bits per heavy atom. The molecule has 0 spiro atoms. The summed E-state index contributed by atoms with van der Waals surface area (Å²) in [4.78, 5) is 3.17. The Morgan fingerprint density at radius 2 is 2.06 bits per heavy atom. The van der Waals surface area contributed by atoms with Gasteiger partial charge in [-0.05, 0) is 12.1 Å². The fraction of sp³-hybridized carbons (Fsp3) is 0.200. The molecule has 1 aromatic carbocycles. The third-order valence-electron chi connectivity index (χ3n) is 2.13. The van der Waals surface area contributed by atoms with E-state index in [-0.39, 0.29) is 17.1 Å². The van der Waals surface area contributed by atoms with Gasteiger partial charge in [-0.15, -0.1) is 0 Å². The lowest BCUT2D eigenvalue weighted by Crippen LogP contribution is -2.07. The fourth-order valence-electron chi connectivity index (χ4n) is 1.31. The standard InChI is InChI=1S/C10H7F3N2O3/c1-17-6-4-2-3-5(7(6)16)8-14-9(15-18-8)10(11,12)13/h2-4,16H,1H3. The van der Waals surface area contributed by atoms with Crippen LogP contribution in [0.5, 0.6) is 11.5 Å². The molecule has 8 heteroatoms. The summed E-state index contributed by atoms with van der Waals surface area (Å²) in [5.74, 6) is -2.10. The van der Waals surface area contributed by atoms with Gasteiger partial charge in [-0.2, -0.15) is 18.2 Å². The number of aromatic nitrogens is 2. The van der Waals surface area contributed by atoms with Crippen LogP contribution in [0.3, 0.4) is 0 Å². The minimum atomic E-state index is -4.70. The summed E-state index contributed by atoms with van der Waals surface area (Å²) in [6.45, 7) is 0. The van der Waals surface area contributed by atoms with E-state index in [1.54, 1.807) is 0 Å². The molecule has 2 aromatic rings. The molecule has 5 nitrogen and oxygen atoms in total. The molecule has 1 aromatic heterocycles. The molecule has 0 saturated heterocycles. The lowest BCUT2D eigenvalue weighted by molar-refractivity contribution is -0.146. The van der Waals surface area contributed by atoms with Crippen LogP contribution in [-0.2, 0) is 6.18 Å². The van der Waals surface area contributed by atoms with E-state index in [1.165, 1.54) is 25.3 Å². The molecule has 18 heavy (non-hydrogen) atoms. The quantitative estimate of drug-likeness (QED) is 0.898. The molecule has 0 fully saturated rings. The van der Waals surface area contributed by atoms with Gasteiger partial charge in [-0.1, -0.05) is 11.2 Å². The van der Waals surface area contributed by atoms with Gasteiger partial charge in [-0.3, -0.25) is 0 Å². The van der Waals surface area contributed by atoms with Crippen molar-refractivity contribution in [2.24, 2.45) is 0 Å². The largest absolute Gasteiger partial charge is 0.504 e. The van der Waals surface area contributed by atoms with Crippen molar-refractivity contribution in [2.45, 2.75) is 6.18 Å². The Morgan fingerprint density at radius 1 is 1.33 bits per heavy atom. The molecule has 0 aliphatic carbocycles.